The summed E-state index contributed by atoms with van der Waals surface area (Å²) in [7, 11) is 3.85. The van der Waals surface area contributed by atoms with Crippen molar-refractivity contribution in [1.29, 1.82) is 0 Å². The molecule has 7 heteroatoms. The molecular formula is C22H32N6O. The predicted octanol–water partition coefficient (Wildman–Crippen LogP) is 1.82. The number of aromatic nitrogens is 2. The lowest BCUT2D eigenvalue weighted by Gasteiger charge is -2.26. The minimum absolute atomic E-state index is 0.527. The summed E-state index contributed by atoms with van der Waals surface area (Å²) in [6.07, 6.45) is 5.26. The van der Waals surface area contributed by atoms with Gasteiger partial charge in [-0.05, 0) is 23.1 Å². The predicted molar refractivity (Wildman–Crippen MR) is 115 cm³/mol. The van der Waals surface area contributed by atoms with Crippen LogP contribution >= 0.6 is 0 Å². The molecule has 2 aliphatic rings. The molecule has 2 aliphatic heterocycles. The molecule has 0 bridgehead atoms. The number of nitrogens with zero attached hydrogens (tertiary/aromatic N) is 5. The molecule has 1 unspecified atom stereocenters. The van der Waals surface area contributed by atoms with Crippen LogP contribution in [0, 0.1) is 0 Å². The lowest BCUT2D eigenvalue weighted by molar-refractivity contribution is 0.0342. The number of nitrogens with one attached hydrogen (secondary N) is 1. The van der Waals surface area contributed by atoms with Gasteiger partial charge in [0, 0.05) is 65.5 Å². The Morgan fingerprint density at radius 3 is 2.83 bits per heavy atom. The van der Waals surface area contributed by atoms with Gasteiger partial charge >= 0.3 is 0 Å². The number of ether oxygens (including phenoxy) is 1. The van der Waals surface area contributed by atoms with Crippen LogP contribution in [0.2, 0.25) is 0 Å². The highest BCUT2D eigenvalue weighted by molar-refractivity contribution is 5.80. The quantitative estimate of drug-likeness (QED) is 0.617. The third kappa shape index (κ3) is 5.16. The van der Waals surface area contributed by atoms with Crippen LogP contribution in [0.5, 0.6) is 0 Å². The molecule has 156 valence electrons. The molecule has 1 N–H and O–H groups in total. The van der Waals surface area contributed by atoms with Crippen molar-refractivity contribution in [2.24, 2.45) is 12.0 Å². The Balaban J connectivity index is 1.31. The third-order valence-corrected chi connectivity index (χ3v) is 5.85. The second-order valence-electron chi connectivity index (χ2n) is 7.99. The normalized spacial score (nSPS) is 21.0. The Labute approximate surface area is 173 Å². The second-order valence-corrected chi connectivity index (χ2v) is 7.99. The van der Waals surface area contributed by atoms with Crippen LogP contribution < -0.4 is 5.32 Å². The first kappa shape index (κ1) is 19.9. The summed E-state index contributed by atoms with van der Waals surface area (Å²) >= 11 is 0. The van der Waals surface area contributed by atoms with Crippen molar-refractivity contribution in [2.45, 2.75) is 25.4 Å². The van der Waals surface area contributed by atoms with Gasteiger partial charge in [-0.2, -0.15) is 5.10 Å². The van der Waals surface area contributed by atoms with Gasteiger partial charge in [0.1, 0.15) is 0 Å². The number of benzene rings is 1. The Morgan fingerprint density at radius 1 is 1.24 bits per heavy atom. The average Bonchev–Trinajstić information content (AvgIpc) is 3.39. The van der Waals surface area contributed by atoms with E-state index >= 15 is 0 Å². The van der Waals surface area contributed by atoms with E-state index in [0.29, 0.717) is 5.92 Å². The van der Waals surface area contributed by atoms with Crippen molar-refractivity contribution >= 4 is 5.96 Å². The van der Waals surface area contributed by atoms with Crippen molar-refractivity contribution in [3.63, 3.8) is 0 Å². The molecule has 0 amide bonds. The molecule has 1 aromatic carbocycles. The number of rotatable bonds is 5. The molecule has 2 aromatic rings. The van der Waals surface area contributed by atoms with E-state index in [1.165, 1.54) is 16.7 Å². The van der Waals surface area contributed by atoms with Crippen LogP contribution in [0.3, 0.4) is 0 Å². The summed E-state index contributed by atoms with van der Waals surface area (Å²) in [5.74, 6) is 1.51. The first-order chi connectivity index (χ1) is 14.2. The van der Waals surface area contributed by atoms with Crippen LogP contribution in [0.4, 0.5) is 0 Å². The van der Waals surface area contributed by atoms with Crippen LogP contribution in [-0.2, 0) is 24.9 Å². The first-order valence-corrected chi connectivity index (χ1v) is 10.5. The van der Waals surface area contributed by atoms with E-state index in [2.05, 4.69) is 55.7 Å². The van der Waals surface area contributed by atoms with Gasteiger partial charge in [0.2, 0.25) is 0 Å². The van der Waals surface area contributed by atoms with Crippen molar-refractivity contribution < 1.29 is 4.74 Å². The molecule has 0 radical (unpaired) electrons. The van der Waals surface area contributed by atoms with Gasteiger partial charge in [0.25, 0.3) is 0 Å². The SMILES string of the molecule is CN=C(NCc1cccc(CN2CCOCC2)c1)N1CCC(c2cnn(C)c2)C1. The maximum absolute atomic E-state index is 5.45. The topological polar surface area (TPSA) is 57.9 Å². The summed E-state index contributed by atoms with van der Waals surface area (Å²) in [5, 5.41) is 7.88. The molecule has 1 atom stereocenters. The van der Waals surface area contributed by atoms with Crippen LogP contribution in [0.15, 0.2) is 41.7 Å². The fourth-order valence-corrected chi connectivity index (χ4v) is 4.24. The molecule has 3 heterocycles. The van der Waals surface area contributed by atoms with Crippen LogP contribution in [-0.4, -0.2) is 72.0 Å². The number of morpholine rings is 1. The number of aliphatic imine (C=N–C) groups is 1. The van der Waals surface area contributed by atoms with Crippen LogP contribution in [0.1, 0.15) is 29.0 Å². The van der Waals surface area contributed by atoms with E-state index in [1.807, 2.05) is 25.0 Å². The van der Waals surface area contributed by atoms with Gasteiger partial charge in [0.15, 0.2) is 5.96 Å². The van der Waals surface area contributed by atoms with Crippen molar-refractivity contribution in [2.75, 3.05) is 46.4 Å². The lowest BCUT2D eigenvalue weighted by atomic mass is 10.0. The Hall–Kier alpha value is -2.38. The second kappa shape index (κ2) is 9.41. The highest BCUT2D eigenvalue weighted by Gasteiger charge is 2.26. The van der Waals surface area contributed by atoms with Crippen LogP contribution in [0.25, 0.3) is 0 Å². The fraction of sp³-hybridized carbons (Fsp3) is 0.545. The smallest absolute Gasteiger partial charge is 0.193 e. The van der Waals surface area contributed by atoms with E-state index in [-0.39, 0.29) is 0 Å². The molecular weight excluding hydrogens is 364 g/mol. The highest BCUT2D eigenvalue weighted by Crippen LogP contribution is 2.26. The monoisotopic (exact) mass is 396 g/mol. The third-order valence-electron chi connectivity index (χ3n) is 5.85. The summed E-state index contributed by atoms with van der Waals surface area (Å²) in [6, 6.07) is 8.86. The summed E-state index contributed by atoms with van der Waals surface area (Å²) in [5.41, 5.74) is 3.97. The zero-order valence-electron chi connectivity index (χ0n) is 17.5. The largest absolute Gasteiger partial charge is 0.379 e. The number of hydrogen-bond acceptors (Lipinski definition) is 4. The van der Waals surface area contributed by atoms with Gasteiger partial charge in [-0.15, -0.1) is 0 Å². The van der Waals surface area contributed by atoms with E-state index in [1.54, 1.807) is 0 Å². The maximum atomic E-state index is 5.45. The van der Waals surface area contributed by atoms with Gasteiger partial charge in [-0.3, -0.25) is 14.6 Å². The molecule has 4 rings (SSSR count). The van der Waals surface area contributed by atoms with Gasteiger partial charge in [0.05, 0.1) is 19.4 Å². The highest BCUT2D eigenvalue weighted by atomic mass is 16.5. The number of hydrogen-bond donors (Lipinski definition) is 1. The first-order valence-electron chi connectivity index (χ1n) is 10.5. The maximum Gasteiger partial charge on any atom is 0.193 e. The van der Waals surface area contributed by atoms with Crippen molar-refractivity contribution in [3.05, 3.63) is 53.3 Å². The Kier molecular flexibility index (Phi) is 6.46. The standard InChI is InChI=1S/C22H32N6O/c1-23-22(28-7-6-20(17-28)21-14-25-26(2)16-21)24-13-18-4-3-5-19(12-18)15-27-8-10-29-11-9-27/h3-5,12,14,16,20H,6-11,13,15,17H2,1-2H3,(H,23,24). The molecule has 2 fully saturated rings. The van der Waals surface area contributed by atoms with E-state index in [9.17, 15) is 0 Å². The molecule has 29 heavy (non-hydrogen) atoms. The molecule has 0 aliphatic carbocycles. The molecule has 1 aromatic heterocycles. The molecule has 0 saturated carbocycles. The zero-order chi connectivity index (χ0) is 20.1. The van der Waals surface area contributed by atoms with E-state index < -0.39 is 0 Å². The molecule has 7 nitrogen and oxygen atoms in total. The molecule has 2 saturated heterocycles. The number of guanidine groups is 1. The van der Waals surface area contributed by atoms with E-state index in [4.69, 9.17) is 4.74 Å². The summed E-state index contributed by atoms with van der Waals surface area (Å²) in [6.45, 7) is 7.51. The molecule has 0 spiro atoms. The van der Waals surface area contributed by atoms with Gasteiger partial charge < -0.3 is 15.0 Å². The lowest BCUT2D eigenvalue weighted by Crippen LogP contribution is -2.39. The minimum atomic E-state index is 0.527. The summed E-state index contributed by atoms with van der Waals surface area (Å²) in [4.78, 5) is 9.34. The average molecular weight is 397 g/mol. The Bertz CT molecular complexity index is 826. The number of aryl methyl sites for hydroxylation is 1. The summed E-state index contributed by atoms with van der Waals surface area (Å²) < 4.78 is 7.33. The zero-order valence-corrected chi connectivity index (χ0v) is 17.5. The van der Waals surface area contributed by atoms with Gasteiger partial charge in [-0.25, -0.2) is 0 Å². The minimum Gasteiger partial charge on any atom is -0.379 e. The number of likely N-dealkylation sites (tertiary alicyclic amines) is 1. The van der Waals surface area contributed by atoms with Crippen molar-refractivity contribution in [1.82, 2.24) is 24.9 Å². The van der Waals surface area contributed by atoms with Gasteiger partial charge in [-0.1, -0.05) is 24.3 Å². The Morgan fingerprint density at radius 2 is 2.07 bits per heavy atom. The fourth-order valence-electron chi connectivity index (χ4n) is 4.24. The van der Waals surface area contributed by atoms with Crippen molar-refractivity contribution in [3.8, 4) is 0 Å². The van der Waals surface area contributed by atoms with E-state index in [0.717, 1.165) is 64.9 Å².